The van der Waals surface area contributed by atoms with Crippen LogP contribution in [0.5, 0.6) is 0 Å². The Morgan fingerprint density at radius 2 is 1.94 bits per heavy atom. The summed E-state index contributed by atoms with van der Waals surface area (Å²) in [4.78, 5) is 0. The van der Waals surface area contributed by atoms with Crippen molar-refractivity contribution in [2.75, 3.05) is 0 Å². The predicted octanol–water partition coefficient (Wildman–Crippen LogP) is 3.88. The lowest BCUT2D eigenvalue weighted by Gasteiger charge is -2.14. The van der Waals surface area contributed by atoms with Gasteiger partial charge in [0.25, 0.3) is 0 Å². The van der Waals surface area contributed by atoms with Crippen molar-refractivity contribution < 1.29 is 0 Å². The molecule has 0 saturated heterocycles. The summed E-state index contributed by atoms with van der Waals surface area (Å²) in [6, 6.07) is 5.89. The number of halogens is 2. The maximum Gasteiger partial charge on any atom is 0.0424 e. The monoisotopic (exact) mass is 255 g/mol. The summed E-state index contributed by atoms with van der Waals surface area (Å²) < 4.78 is 0. The topological polar surface area (TPSA) is 12.0 Å². The van der Waals surface area contributed by atoms with Crippen LogP contribution in [0, 0.1) is 12.3 Å². The molecular formula is C13H15Cl2N. The molecule has 0 heterocycles. The van der Waals surface area contributed by atoms with Crippen molar-refractivity contribution >= 4 is 23.2 Å². The zero-order valence-corrected chi connectivity index (χ0v) is 10.8. The van der Waals surface area contributed by atoms with Crippen molar-refractivity contribution in [3.63, 3.8) is 0 Å². The lowest BCUT2D eigenvalue weighted by Crippen LogP contribution is -2.27. The summed E-state index contributed by atoms with van der Waals surface area (Å²) in [5.74, 6) is 2.66. The number of hydrogen-bond donors (Lipinski definition) is 1. The van der Waals surface area contributed by atoms with Crippen molar-refractivity contribution in [1.82, 2.24) is 5.32 Å². The van der Waals surface area contributed by atoms with Crippen LogP contribution >= 0.6 is 23.2 Å². The van der Waals surface area contributed by atoms with E-state index in [1.807, 2.05) is 12.1 Å². The first-order valence-corrected chi connectivity index (χ1v) is 6.03. The lowest BCUT2D eigenvalue weighted by molar-refractivity contribution is 0.507. The Hall–Kier alpha value is -0.680. The summed E-state index contributed by atoms with van der Waals surface area (Å²) >= 11 is 11.8. The summed E-state index contributed by atoms with van der Waals surface area (Å²) in [7, 11) is 0. The number of rotatable bonds is 5. The van der Waals surface area contributed by atoms with E-state index in [4.69, 9.17) is 29.6 Å². The molecule has 1 N–H and O–H groups in total. The van der Waals surface area contributed by atoms with Crippen molar-refractivity contribution in [2.24, 2.45) is 0 Å². The quantitative estimate of drug-likeness (QED) is 0.788. The van der Waals surface area contributed by atoms with E-state index in [1.165, 1.54) is 0 Å². The minimum Gasteiger partial charge on any atom is -0.309 e. The fourth-order valence-electron chi connectivity index (χ4n) is 1.48. The minimum atomic E-state index is 0.350. The number of nitrogens with one attached hydrogen (secondary N) is 1. The van der Waals surface area contributed by atoms with E-state index in [2.05, 4.69) is 18.2 Å². The van der Waals surface area contributed by atoms with Gasteiger partial charge in [-0.15, -0.1) is 12.3 Å². The molecule has 0 saturated carbocycles. The summed E-state index contributed by atoms with van der Waals surface area (Å²) in [6.07, 6.45) is 7.04. The number of terminal acetylenes is 1. The van der Waals surface area contributed by atoms with Crippen LogP contribution in [0.3, 0.4) is 0 Å². The van der Waals surface area contributed by atoms with Crippen LogP contribution in [0.1, 0.15) is 25.3 Å². The molecule has 0 aromatic heterocycles. The molecule has 16 heavy (non-hydrogen) atoms. The van der Waals surface area contributed by atoms with Crippen molar-refractivity contribution in [3.05, 3.63) is 33.8 Å². The van der Waals surface area contributed by atoms with E-state index < -0.39 is 0 Å². The molecule has 0 fully saturated rings. The zero-order chi connectivity index (χ0) is 12.0. The largest absolute Gasteiger partial charge is 0.309 e. The first kappa shape index (κ1) is 13.4. The second kappa shape index (κ2) is 6.81. The molecule has 0 radical (unpaired) electrons. The van der Waals surface area contributed by atoms with Gasteiger partial charge in [-0.2, -0.15) is 0 Å². The Bertz CT molecular complexity index is 362. The standard InChI is InChI=1S/C13H15Cl2N/c1-3-5-13(4-2)16-9-10-6-11(14)8-12(15)7-10/h1,6-8,13,16H,4-5,9H2,2H3. The van der Waals surface area contributed by atoms with Crippen LogP contribution in [0.4, 0.5) is 0 Å². The highest BCUT2D eigenvalue weighted by atomic mass is 35.5. The van der Waals surface area contributed by atoms with Gasteiger partial charge < -0.3 is 5.32 Å². The summed E-state index contributed by atoms with van der Waals surface area (Å²) in [5.41, 5.74) is 1.08. The highest BCUT2D eigenvalue weighted by Crippen LogP contribution is 2.19. The van der Waals surface area contributed by atoms with E-state index >= 15 is 0 Å². The third kappa shape index (κ3) is 4.45. The van der Waals surface area contributed by atoms with E-state index in [0.717, 1.165) is 24.9 Å². The van der Waals surface area contributed by atoms with Gasteiger partial charge in [0.15, 0.2) is 0 Å². The Morgan fingerprint density at radius 3 is 2.44 bits per heavy atom. The molecule has 1 rings (SSSR count). The van der Waals surface area contributed by atoms with Gasteiger partial charge in [-0.05, 0) is 30.2 Å². The molecular weight excluding hydrogens is 241 g/mol. The Labute approximate surface area is 107 Å². The van der Waals surface area contributed by atoms with Gasteiger partial charge in [0.05, 0.1) is 0 Å². The van der Waals surface area contributed by atoms with Gasteiger partial charge in [-0.3, -0.25) is 0 Å². The van der Waals surface area contributed by atoms with Crippen molar-refractivity contribution in [1.29, 1.82) is 0 Å². The molecule has 0 bridgehead atoms. The molecule has 1 aromatic carbocycles. The van der Waals surface area contributed by atoms with Crippen LogP contribution in [-0.4, -0.2) is 6.04 Å². The zero-order valence-electron chi connectivity index (χ0n) is 9.26. The molecule has 0 amide bonds. The second-order valence-corrected chi connectivity index (χ2v) is 4.54. The van der Waals surface area contributed by atoms with E-state index in [1.54, 1.807) is 6.07 Å². The Balaban J connectivity index is 2.57. The van der Waals surface area contributed by atoms with E-state index in [9.17, 15) is 0 Å². The van der Waals surface area contributed by atoms with Gasteiger partial charge in [0.1, 0.15) is 0 Å². The minimum absolute atomic E-state index is 0.350. The van der Waals surface area contributed by atoms with Gasteiger partial charge in [-0.25, -0.2) is 0 Å². The second-order valence-electron chi connectivity index (χ2n) is 3.67. The molecule has 3 heteroatoms. The van der Waals surface area contributed by atoms with Gasteiger partial charge >= 0.3 is 0 Å². The molecule has 1 unspecified atom stereocenters. The van der Waals surface area contributed by atoms with Gasteiger partial charge in [0, 0.05) is 29.1 Å². The summed E-state index contributed by atoms with van der Waals surface area (Å²) in [6.45, 7) is 2.85. The fraction of sp³-hybridized carbons (Fsp3) is 0.385. The van der Waals surface area contributed by atoms with Gasteiger partial charge in [-0.1, -0.05) is 30.1 Å². The smallest absolute Gasteiger partial charge is 0.0424 e. The highest BCUT2D eigenvalue weighted by molar-refractivity contribution is 6.34. The van der Waals surface area contributed by atoms with Crippen LogP contribution in [-0.2, 0) is 6.54 Å². The van der Waals surface area contributed by atoms with Gasteiger partial charge in [0.2, 0.25) is 0 Å². The molecule has 0 aliphatic heterocycles. The molecule has 1 nitrogen and oxygen atoms in total. The maximum absolute atomic E-state index is 5.92. The maximum atomic E-state index is 5.92. The third-order valence-corrected chi connectivity index (χ3v) is 2.81. The average molecular weight is 256 g/mol. The molecule has 86 valence electrons. The fourth-order valence-corrected chi connectivity index (χ4v) is 2.05. The normalized spacial score (nSPS) is 12.1. The molecule has 0 aliphatic rings. The predicted molar refractivity (Wildman–Crippen MR) is 70.8 cm³/mol. The van der Waals surface area contributed by atoms with Crippen LogP contribution in [0.2, 0.25) is 10.0 Å². The SMILES string of the molecule is C#CCC(CC)NCc1cc(Cl)cc(Cl)c1. The van der Waals surface area contributed by atoms with Crippen molar-refractivity contribution in [3.8, 4) is 12.3 Å². The highest BCUT2D eigenvalue weighted by Gasteiger charge is 2.04. The molecule has 0 spiro atoms. The number of hydrogen-bond acceptors (Lipinski definition) is 1. The molecule has 0 aliphatic carbocycles. The first-order chi connectivity index (χ1) is 7.65. The van der Waals surface area contributed by atoms with E-state index in [0.29, 0.717) is 16.1 Å². The lowest BCUT2D eigenvalue weighted by atomic mass is 10.1. The summed E-state index contributed by atoms with van der Waals surface area (Å²) in [5, 5.41) is 4.70. The van der Waals surface area contributed by atoms with E-state index in [-0.39, 0.29) is 0 Å². The van der Waals surface area contributed by atoms with Crippen LogP contribution in [0.25, 0.3) is 0 Å². The molecule has 1 aromatic rings. The van der Waals surface area contributed by atoms with Crippen LogP contribution in [0.15, 0.2) is 18.2 Å². The number of benzene rings is 1. The van der Waals surface area contributed by atoms with Crippen molar-refractivity contribution in [2.45, 2.75) is 32.4 Å². The molecule has 1 atom stereocenters. The average Bonchev–Trinajstić information content (AvgIpc) is 2.23. The Morgan fingerprint density at radius 1 is 1.31 bits per heavy atom. The Kier molecular flexibility index (Phi) is 5.69. The van der Waals surface area contributed by atoms with Crippen LogP contribution < -0.4 is 5.32 Å². The third-order valence-electron chi connectivity index (χ3n) is 2.37. The first-order valence-electron chi connectivity index (χ1n) is 5.27.